The van der Waals surface area contributed by atoms with Gasteiger partial charge in [0.05, 0.1) is 0 Å². The Bertz CT molecular complexity index is 520. The summed E-state index contributed by atoms with van der Waals surface area (Å²) in [6.07, 6.45) is 4.92. The lowest BCUT2D eigenvalue weighted by Crippen LogP contribution is -2.56. The standard InChI is InChI=1S/C16H22N2O2S/c1-12-11-14(19)17-16(7-2-3-8-16)15(20)18(12)9-6-13-5-4-10-21-13/h4-5,10,12H,2-3,6-9,11H2,1H3,(H,17,19). The highest BCUT2D eigenvalue weighted by atomic mass is 32.1. The van der Waals surface area contributed by atoms with Gasteiger partial charge >= 0.3 is 0 Å². The van der Waals surface area contributed by atoms with Crippen molar-refractivity contribution < 1.29 is 9.59 Å². The topological polar surface area (TPSA) is 49.4 Å². The van der Waals surface area contributed by atoms with Crippen LogP contribution in [0.2, 0.25) is 0 Å². The molecule has 2 amide bonds. The summed E-state index contributed by atoms with van der Waals surface area (Å²) < 4.78 is 0. The minimum atomic E-state index is -0.614. The normalized spacial score (nSPS) is 25.2. The fraction of sp³-hybridized carbons (Fsp3) is 0.625. The third-order valence-electron chi connectivity index (χ3n) is 4.70. The molecule has 1 atom stereocenters. The van der Waals surface area contributed by atoms with E-state index in [1.54, 1.807) is 11.3 Å². The molecule has 1 aromatic rings. The van der Waals surface area contributed by atoms with E-state index in [1.165, 1.54) is 4.88 Å². The van der Waals surface area contributed by atoms with E-state index >= 15 is 0 Å². The first-order valence-corrected chi connectivity index (χ1v) is 8.63. The van der Waals surface area contributed by atoms with Crippen molar-refractivity contribution in [1.82, 2.24) is 10.2 Å². The molecule has 1 aliphatic heterocycles. The fourth-order valence-electron chi connectivity index (χ4n) is 3.55. The van der Waals surface area contributed by atoms with Crippen LogP contribution in [0, 0.1) is 0 Å². The zero-order chi connectivity index (χ0) is 14.9. The highest BCUT2D eigenvalue weighted by molar-refractivity contribution is 7.09. The van der Waals surface area contributed by atoms with Gasteiger partial charge in [-0.05, 0) is 37.6 Å². The van der Waals surface area contributed by atoms with Gasteiger partial charge in [-0.25, -0.2) is 0 Å². The van der Waals surface area contributed by atoms with Gasteiger partial charge in [-0.3, -0.25) is 9.59 Å². The molecule has 1 N–H and O–H groups in total. The summed E-state index contributed by atoms with van der Waals surface area (Å²) in [7, 11) is 0. The molecule has 2 heterocycles. The van der Waals surface area contributed by atoms with E-state index in [2.05, 4.69) is 16.8 Å². The number of amides is 2. The molecule has 1 saturated heterocycles. The summed E-state index contributed by atoms with van der Waals surface area (Å²) in [5, 5.41) is 5.09. The van der Waals surface area contributed by atoms with Crippen LogP contribution in [-0.2, 0) is 16.0 Å². The van der Waals surface area contributed by atoms with Gasteiger partial charge in [-0.2, -0.15) is 0 Å². The van der Waals surface area contributed by atoms with Crippen molar-refractivity contribution in [3.8, 4) is 0 Å². The number of nitrogens with one attached hydrogen (secondary N) is 1. The first-order valence-electron chi connectivity index (χ1n) is 7.75. The van der Waals surface area contributed by atoms with E-state index in [4.69, 9.17) is 0 Å². The van der Waals surface area contributed by atoms with Crippen molar-refractivity contribution in [2.24, 2.45) is 0 Å². The van der Waals surface area contributed by atoms with E-state index < -0.39 is 5.54 Å². The van der Waals surface area contributed by atoms with Gasteiger partial charge < -0.3 is 10.2 Å². The van der Waals surface area contributed by atoms with Crippen LogP contribution in [0.4, 0.5) is 0 Å². The quantitative estimate of drug-likeness (QED) is 0.932. The number of rotatable bonds is 3. The van der Waals surface area contributed by atoms with Crippen LogP contribution in [-0.4, -0.2) is 34.8 Å². The molecule has 21 heavy (non-hydrogen) atoms. The van der Waals surface area contributed by atoms with Gasteiger partial charge in [-0.15, -0.1) is 11.3 Å². The average Bonchev–Trinajstić information content (AvgIpc) is 3.08. The second-order valence-electron chi connectivity index (χ2n) is 6.22. The Morgan fingerprint density at radius 1 is 1.38 bits per heavy atom. The minimum Gasteiger partial charge on any atom is -0.342 e. The van der Waals surface area contributed by atoms with Crippen LogP contribution in [0.3, 0.4) is 0 Å². The Labute approximate surface area is 129 Å². The smallest absolute Gasteiger partial charge is 0.248 e. The van der Waals surface area contributed by atoms with E-state index in [-0.39, 0.29) is 17.9 Å². The van der Waals surface area contributed by atoms with Crippen molar-refractivity contribution in [3.63, 3.8) is 0 Å². The van der Waals surface area contributed by atoms with Crippen molar-refractivity contribution in [3.05, 3.63) is 22.4 Å². The lowest BCUT2D eigenvalue weighted by atomic mass is 9.95. The Balaban J connectivity index is 1.78. The number of hydrogen-bond acceptors (Lipinski definition) is 3. The molecule has 3 rings (SSSR count). The average molecular weight is 306 g/mol. The molecule has 2 fully saturated rings. The van der Waals surface area contributed by atoms with E-state index in [0.717, 1.165) is 32.1 Å². The Morgan fingerprint density at radius 2 is 2.14 bits per heavy atom. The number of carbonyl (C=O) groups excluding carboxylic acids is 2. The van der Waals surface area contributed by atoms with Crippen LogP contribution >= 0.6 is 11.3 Å². The number of nitrogens with zero attached hydrogens (tertiary/aromatic N) is 1. The molecule has 1 aliphatic carbocycles. The fourth-order valence-corrected chi connectivity index (χ4v) is 4.25. The molecule has 0 bridgehead atoms. The van der Waals surface area contributed by atoms with Crippen LogP contribution in [0.25, 0.3) is 0 Å². The summed E-state index contributed by atoms with van der Waals surface area (Å²) in [6, 6.07) is 4.13. The molecule has 0 radical (unpaired) electrons. The van der Waals surface area contributed by atoms with Crippen molar-refractivity contribution in [2.75, 3.05) is 6.54 Å². The van der Waals surface area contributed by atoms with Crippen molar-refractivity contribution in [2.45, 2.75) is 57.0 Å². The minimum absolute atomic E-state index is 0.0163. The summed E-state index contributed by atoms with van der Waals surface area (Å²) in [4.78, 5) is 28.3. The second kappa shape index (κ2) is 5.79. The molecule has 1 aromatic heterocycles. The van der Waals surface area contributed by atoms with Gasteiger partial charge in [0.2, 0.25) is 11.8 Å². The van der Waals surface area contributed by atoms with Crippen molar-refractivity contribution in [1.29, 1.82) is 0 Å². The lowest BCUT2D eigenvalue weighted by Gasteiger charge is -2.34. The number of thiophene rings is 1. The molecule has 0 aromatic carbocycles. The first-order chi connectivity index (χ1) is 10.1. The van der Waals surface area contributed by atoms with Crippen LogP contribution in [0.15, 0.2) is 17.5 Å². The summed E-state index contributed by atoms with van der Waals surface area (Å²) >= 11 is 1.72. The maximum Gasteiger partial charge on any atom is 0.248 e. The van der Waals surface area contributed by atoms with Gasteiger partial charge in [0.15, 0.2) is 0 Å². The van der Waals surface area contributed by atoms with E-state index in [0.29, 0.717) is 13.0 Å². The number of hydrogen-bond donors (Lipinski definition) is 1. The molecule has 114 valence electrons. The largest absolute Gasteiger partial charge is 0.342 e. The van der Waals surface area contributed by atoms with Crippen LogP contribution in [0.1, 0.15) is 43.9 Å². The SMILES string of the molecule is CC1CC(=O)NC2(CCCC2)C(=O)N1CCc1cccs1. The van der Waals surface area contributed by atoms with Gasteiger partial charge in [-0.1, -0.05) is 18.9 Å². The highest BCUT2D eigenvalue weighted by Crippen LogP contribution is 2.34. The maximum atomic E-state index is 13.0. The van der Waals surface area contributed by atoms with Gasteiger partial charge in [0, 0.05) is 23.9 Å². The maximum absolute atomic E-state index is 13.0. The predicted octanol–water partition coefficient (Wildman–Crippen LogP) is 2.34. The van der Waals surface area contributed by atoms with Crippen LogP contribution < -0.4 is 5.32 Å². The van der Waals surface area contributed by atoms with Gasteiger partial charge in [0.1, 0.15) is 5.54 Å². The molecular weight excluding hydrogens is 284 g/mol. The molecular formula is C16H22N2O2S. The summed E-state index contributed by atoms with van der Waals surface area (Å²) in [5.74, 6) is 0.159. The Morgan fingerprint density at radius 3 is 2.81 bits per heavy atom. The Kier molecular flexibility index (Phi) is 4.02. The third kappa shape index (κ3) is 2.84. The second-order valence-corrected chi connectivity index (χ2v) is 7.25. The lowest BCUT2D eigenvalue weighted by molar-refractivity contribution is -0.139. The third-order valence-corrected chi connectivity index (χ3v) is 5.63. The van der Waals surface area contributed by atoms with Crippen LogP contribution in [0.5, 0.6) is 0 Å². The molecule has 1 saturated carbocycles. The monoisotopic (exact) mass is 306 g/mol. The molecule has 1 spiro atoms. The summed E-state index contributed by atoms with van der Waals surface area (Å²) in [6.45, 7) is 2.69. The molecule has 4 nitrogen and oxygen atoms in total. The number of carbonyl (C=O) groups is 2. The molecule has 1 unspecified atom stereocenters. The van der Waals surface area contributed by atoms with Gasteiger partial charge in [0.25, 0.3) is 0 Å². The summed E-state index contributed by atoms with van der Waals surface area (Å²) in [5.41, 5.74) is -0.614. The van der Waals surface area contributed by atoms with E-state index in [1.807, 2.05) is 17.9 Å². The van der Waals surface area contributed by atoms with Crippen molar-refractivity contribution >= 4 is 23.2 Å². The highest BCUT2D eigenvalue weighted by Gasteiger charge is 2.47. The zero-order valence-electron chi connectivity index (χ0n) is 12.4. The van der Waals surface area contributed by atoms with E-state index in [9.17, 15) is 9.59 Å². The first kappa shape index (κ1) is 14.6. The zero-order valence-corrected chi connectivity index (χ0v) is 13.2. The molecule has 2 aliphatic rings. The molecule has 5 heteroatoms. The Hall–Kier alpha value is -1.36. The predicted molar refractivity (Wildman–Crippen MR) is 83.2 cm³/mol.